The van der Waals surface area contributed by atoms with Crippen LogP contribution in [0, 0.1) is 0 Å². The summed E-state index contributed by atoms with van der Waals surface area (Å²) in [6.45, 7) is 5.26. The normalized spacial score (nSPS) is 11.0. The first-order valence-corrected chi connectivity index (χ1v) is 5.74. The molecule has 6 nitrogen and oxygen atoms in total. The Hall–Kier alpha value is -1.63. The minimum absolute atomic E-state index is 0.104. The highest BCUT2D eigenvalue weighted by atomic mass is 32.1. The lowest BCUT2D eigenvalue weighted by atomic mass is 10.2. The number of carbonyl (C=O) groups is 2. The van der Waals surface area contributed by atoms with Crippen LogP contribution in [-0.2, 0) is 16.0 Å². The highest BCUT2D eigenvalue weighted by Crippen LogP contribution is 2.19. The van der Waals surface area contributed by atoms with E-state index in [1.54, 1.807) is 20.8 Å². The monoisotopic (exact) mass is 258 g/mol. The quantitative estimate of drug-likeness (QED) is 0.866. The zero-order valence-electron chi connectivity index (χ0n) is 9.81. The van der Waals surface area contributed by atoms with Crippen molar-refractivity contribution in [2.75, 3.05) is 5.32 Å². The Morgan fingerprint density at radius 1 is 1.53 bits per heavy atom. The molecule has 0 aliphatic rings. The second kappa shape index (κ2) is 5.13. The van der Waals surface area contributed by atoms with Gasteiger partial charge in [0, 0.05) is 11.1 Å². The minimum Gasteiger partial charge on any atom is -0.481 e. The van der Waals surface area contributed by atoms with Crippen molar-refractivity contribution in [3.05, 3.63) is 11.1 Å². The van der Waals surface area contributed by atoms with Gasteiger partial charge in [-0.3, -0.25) is 10.1 Å². The van der Waals surface area contributed by atoms with Crippen molar-refractivity contribution in [2.45, 2.75) is 32.8 Å². The van der Waals surface area contributed by atoms with E-state index < -0.39 is 17.7 Å². The molecule has 7 heteroatoms. The third kappa shape index (κ3) is 5.30. The third-order valence-electron chi connectivity index (χ3n) is 1.49. The number of hydrogen-bond donors (Lipinski definition) is 2. The van der Waals surface area contributed by atoms with Gasteiger partial charge >= 0.3 is 12.1 Å². The molecule has 1 rings (SSSR count). The predicted molar refractivity (Wildman–Crippen MR) is 63.3 cm³/mol. The molecule has 1 aromatic heterocycles. The van der Waals surface area contributed by atoms with Crippen LogP contribution in [0.3, 0.4) is 0 Å². The highest BCUT2D eigenvalue weighted by molar-refractivity contribution is 7.15. The standard InChI is InChI=1S/C10H14N2O4S/c1-10(2,3)16-9(15)12-8-11-5-6(17-8)4-7(13)14/h5H,4H2,1-3H3,(H,13,14)(H,11,12,15). The van der Waals surface area contributed by atoms with Gasteiger partial charge in [-0.2, -0.15) is 0 Å². The molecule has 94 valence electrons. The Balaban J connectivity index is 2.55. The van der Waals surface area contributed by atoms with Gasteiger partial charge in [-0.15, -0.1) is 11.3 Å². The molecule has 0 aromatic carbocycles. The lowest BCUT2D eigenvalue weighted by molar-refractivity contribution is -0.136. The van der Waals surface area contributed by atoms with Gasteiger partial charge in [0.05, 0.1) is 6.42 Å². The molecule has 0 saturated carbocycles. The molecular formula is C10H14N2O4S. The summed E-state index contributed by atoms with van der Waals surface area (Å²) >= 11 is 1.11. The molecule has 1 heterocycles. The van der Waals surface area contributed by atoms with Crippen molar-refractivity contribution in [2.24, 2.45) is 0 Å². The summed E-state index contributed by atoms with van der Waals surface area (Å²) in [5, 5.41) is 11.4. The molecule has 0 bridgehead atoms. The van der Waals surface area contributed by atoms with E-state index in [0.29, 0.717) is 10.0 Å². The van der Waals surface area contributed by atoms with Crippen molar-refractivity contribution in [1.29, 1.82) is 0 Å². The molecule has 2 N–H and O–H groups in total. The van der Waals surface area contributed by atoms with Gasteiger partial charge < -0.3 is 9.84 Å². The van der Waals surface area contributed by atoms with E-state index in [1.807, 2.05) is 0 Å². The minimum atomic E-state index is -0.933. The number of amides is 1. The molecule has 0 radical (unpaired) electrons. The Labute approximate surface area is 103 Å². The Morgan fingerprint density at radius 2 is 2.18 bits per heavy atom. The van der Waals surface area contributed by atoms with Crippen molar-refractivity contribution >= 4 is 28.5 Å². The van der Waals surface area contributed by atoms with Gasteiger partial charge in [0.25, 0.3) is 0 Å². The average molecular weight is 258 g/mol. The van der Waals surface area contributed by atoms with E-state index >= 15 is 0 Å². The van der Waals surface area contributed by atoms with Crippen molar-refractivity contribution in [3.63, 3.8) is 0 Å². The molecular weight excluding hydrogens is 244 g/mol. The Kier molecular flexibility index (Phi) is 4.06. The second-order valence-electron chi connectivity index (χ2n) is 4.33. The van der Waals surface area contributed by atoms with Gasteiger partial charge in [0.1, 0.15) is 5.60 Å². The number of ether oxygens (including phenoxy) is 1. The van der Waals surface area contributed by atoms with Crippen molar-refractivity contribution < 1.29 is 19.4 Å². The number of thiazole rings is 1. The molecule has 0 fully saturated rings. The van der Waals surface area contributed by atoms with Crippen LogP contribution in [0.5, 0.6) is 0 Å². The number of nitrogens with one attached hydrogen (secondary N) is 1. The van der Waals surface area contributed by atoms with Crippen LogP contribution < -0.4 is 5.32 Å². The fourth-order valence-corrected chi connectivity index (χ4v) is 1.78. The molecule has 0 unspecified atom stereocenters. The van der Waals surface area contributed by atoms with E-state index in [0.717, 1.165) is 11.3 Å². The maximum atomic E-state index is 11.4. The smallest absolute Gasteiger partial charge is 0.413 e. The zero-order chi connectivity index (χ0) is 13.1. The highest BCUT2D eigenvalue weighted by Gasteiger charge is 2.17. The van der Waals surface area contributed by atoms with E-state index in [4.69, 9.17) is 9.84 Å². The van der Waals surface area contributed by atoms with Crippen LogP contribution >= 0.6 is 11.3 Å². The molecule has 17 heavy (non-hydrogen) atoms. The number of aromatic nitrogens is 1. The number of carbonyl (C=O) groups excluding carboxylic acids is 1. The van der Waals surface area contributed by atoms with Crippen LogP contribution in [0.2, 0.25) is 0 Å². The van der Waals surface area contributed by atoms with Gasteiger partial charge in [-0.05, 0) is 20.8 Å². The summed E-state index contributed by atoms with van der Waals surface area (Å²) in [6, 6.07) is 0. The lowest BCUT2D eigenvalue weighted by Crippen LogP contribution is -2.27. The summed E-state index contributed by atoms with van der Waals surface area (Å²) in [4.78, 5) is 26.3. The number of carboxylic acids is 1. The average Bonchev–Trinajstić information content (AvgIpc) is 2.46. The van der Waals surface area contributed by atoms with Crippen LogP contribution in [0.1, 0.15) is 25.6 Å². The predicted octanol–water partition coefficient (Wildman–Crippen LogP) is 2.12. The first kappa shape index (κ1) is 13.4. The number of carboxylic acid groups (broad SMARTS) is 1. The van der Waals surface area contributed by atoms with Gasteiger partial charge in [-0.25, -0.2) is 9.78 Å². The van der Waals surface area contributed by atoms with E-state index in [2.05, 4.69) is 10.3 Å². The summed E-state index contributed by atoms with van der Waals surface area (Å²) in [5.41, 5.74) is -0.578. The number of rotatable bonds is 3. The first-order valence-electron chi connectivity index (χ1n) is 4.93. The number of aliphatic carboxylic acids is 1. The van der Waals surface area contributed by atoms with E-state index in [-0.39, 0.29) is 6.42 Å². The van der Waals surface area contributed by atoms with Crippen molar-refractivity contribution in [1.82, 2.24) is 4.98 Å². The molecule has 1 aromatic rings. The molecule has 1 amide bonds. The summed E-state index contributed by atoms with van der Waals surface area (Å²) in [7, 11) is 0. The second-order valence-corrected chi connectivity index (χ2v) is 5.44. The topological polar surface area (TPSA) is 88.5 Å². The fraction of sp³-hybridized carbons (Fsp3) is 0.500. The zero-order valence-corrected chi connectivity index (χ0v) is 10.6. The summed E-state index contributed by atoms with van der Waals surface area (Å²) < 4.78 is 5.03. The van der Waals surface area contributed by atoms with Gasteiger partial charge in [-0.1, -0.05) is 0 Å². The molecule has 0 spiro atoms. The van der Waals surface area contributed by atoms with Crippen LogP contribution in [-0.4, -0.2) is 27.8 Å². The van der Waals surface area contributed by atoms with E-state index in [1.165, 1.54) is 6.20 Å². The Morgan fingerprint density at radius 3 is 2.71 bits per heavy atom. The fourth-order valence-electron chi connectivity index (χ4n) is 0.987. The molecule has 0 aliphatic heterocycles. The lowest BCUT2D eigenvalue weighted by Gasteiger charge is -2.18. The number of hydrogen-bond acceptors (Lipinski definition) is 5. The molecule has 0 aliphatic carbocycles. The van der Waals surface area contributed by atoms with E-state index in [9.17, 15) is 9.59 Å². The first-order chi connectivity index (χ1) is 7.76. The van der Waals surface area contributed by atoms with Gasteiger partial charge in [0.15, 0.2) is 5.13 Å². The van der Waals surface area contributed by atoms with Crippen molar-refractivity contribution in [3.8, 4) is 0 Å². The molecule has 0 saturated heterocycles. The van der Waals surface area contributed by atoms with Crippen LogP contribution in [0.15, 0.2) is 6.20 Å². The van der Waals surface area contributed by atoms with Crippen LogP contribution in [0.4, 0.5) is 9.93 Å². The SMILES string of the molecule is CC(C)(C)OC(=O)Nc1ncc(CC(=O)O)s1. The Bertz CT molecular complexity index is 422. The van der Waals surface area contributed by atoms with Crippen LogP contribution in [0.25, 0.3) is 0 Å². The largest absolute Gasteiger partial charge is 0.481 e. The summed E-state index contributed by atoms with van der Waals surface area (Å²) in [6.07, 6.45) is 0.716. The van der Waals surface area contributed by atoms with Gasteiger partial charge in [0.2, 0.25) is 0 Å². The summed E-state index contributed by atoms with van der Waals surface area (Å²) in [5.74, 6) is -0.933. The number of nitrogens with zero attached hydrogens (tertiary/aromatic N) is 1. The maximum absolute atomic E-state index is 11.4. The molecule has 0 atom stereocenters. The maximum Gasteiger partial charge on any atom is 0.413 e. The number of anilines is 1. The third-order valence-corrected chi connectivity index (χ3v) is 2.40.